The van der Waals surface area contributed by atoms with Gasteiger partial charge in [-0.15, -0.1) is 11.6 Å². The second kappa shape index (κ2) is 11.4. The Bertz CT molecular complexity index is 211. The average Bonchev–Trinajstić information content (AvgIpc) is 1.85. The van der Waals surface area contributed by atoms with Crippen molar-refractivity contribution in [1.82, 2.24) is 0 Å². The zero-order valence-corrected chi connectivity index (χ0v) is 13.1. The van der Waals surface area contributed by atoms with Crippen LogP contribution in [0.2, 0.25) is 0 Å². The molecule has 2 unspecified atom stereocenters. The first-order chi connectivity index (χ1) is 5.83. The van der Waals surface area contributed by atoms with Crippen molar-refractivity contribution >= 4 is 35.9 Å². The van der Waals surface area contributed by atoms with Gasteiger partial charge in [-0.1, -0.05) is 8.62 Å². The maximum Gasteiger partial charge on any atom is 3.00 e. The molecule has 0 aliphatic carbocycles. The normalized spacial score (nSPS) is 15.2. The number of hydrogen-bond donors (Lipinski definition) is 0. The summed E-state index contributed by atoms with van der Waals surface area (Å²) in [6, 6.07) is 0. The van der Waals surface area contributed by atoms with Crippen molar-refractivity contribution in [3.8, 4) is 0 Å². The van der Waals surface area contributed by atoms with Gasteiger partial charge in [-0.2, -0.15) is 0 Å². The van der Waals surface area contributed by atoms with E-state index in [1.54, 1.807) is 0 Å². The van der Waals surface area contributed by atoms with Gasteiger partial charge in [0.1, 0.15) is 0 Å². The predicted molar refractivity (Wildman–Crippen MR) is 36.8 cm³/mol. The molecular weight excluding hydrogens is 408 g/mol. The monoisotopic (exact) mass is 411 g/mol. The van der Waals surface area contributed by atoms with Crippen LogP contribution >= 0.6 is 35.9 Å². The molecule has 13 heteroatoms. The zero-order valence-electron chi connectivity index (χ0n) is 6.49. The fourth-order valence-electron chi connectivity index (χ4n) is 0.178. The van der Waals surface area contributed by atoms with Crippen LogP contribution in [0.15, 0.2) is 0 Å². The molecule has 0 amide bonds. The van der Waals surface area contributed by atoms with Crippen molar-refractivity contribution in [1.29, 1.82) is 0 Å². The van der Waals surface area contributed by atoms with Crippen molar-refractivity contribution in [2.45, 2.75) is 0 Å². The minimum absolute atomic E-state index is 0. The Balaban J connectivity index is -0.000000376. The van der Waals surface area contributed by atoms with Crippen LogP contribution in [0.3, 0.4) is 0 Å². The molecule has 0 aromatic rings. The fraction of sp³-hybridized carbons (Fsp3) is 1.00. The van der Waals surface area contributed by atoms with Gasteiger partial charge in [0, 0.05) is 6.38 Å². The van der Waals surface area contributed by atoms with Crippen molar-refractivity contribution in [3.05, 3.63) is 0 Å². The molecule has 0 aliphatic rings. The second-order valence-electron chi connectivity index (χ2n) is 1.06. The third kappa shape index (κ3) is 16.3. The molecule has 1 radical (unpaired) electrons. The number of alkyl halides is 1. The predicted octanol–water partition coefficient (Wildman–Crippen LogP) is -0.622. The molecule has 0 saturated carbocycles. The summed E-state index contributed by atoms with van der Waals surface area (Å²) in [4.78, 5) is 29.2. The van der Waals surface area contributed by atoms with Crippen LogP contribution in [0.1, 0.15) is 0 Å². The quantitative estimate of drug-likeness (QED) is 0.440. The summed E-state index contributed by atoms with van der Waals surface area (Å²) >= 11 is 4.64. The largest absolute Gasteiger partial charge is 3.00 e. The summed E-state index contributed by atoms with van der Waals surface area (Å²) in [5.74, 6) is 0. The van der Waals surface area contributed by atoms with E-state index in [-0.39, 0.29) is 41.7 Å². The van der Waals surface area contributed by atoms with E-state index in [0.29, 0.717) is 0 Å². The second-order valence-corrected chi connectivity index (χ2v) is 4.15. The SMILES string of the molecule is CCl.O=[P+]([O-])OP(=O)([O-])O[P+](=O)[O-].[Ce+3]. The van der Waals surface area contributed by atoms with E-state index in [2.05, 4.69) is 20.2 Å². The van der Waals surface area contributed by atoms with E-state index in [0.717, 1.165) is 0 Å². The Labute approximate surface area is 120 Å². The number of hydrogen-bond acceptors (Lipinski definition) is 8. The molecule has 0 rings (SSSR count). The molecule has 0 aliphatic heterocycles. The standard InChI is InChI=1S/CH3Cl.Ce.HO8P3/c1-2;;1-9(2)7-11(5,6)8-10(3)4/h1H3;;(H,5,6)/q;+3;/p-1. The minimum atomic E-state index is -5.25. The van der Waals surface area contributed by atoms with E-state index < -0.39 is 24.3 Å². The molecule has 0 aromatic carbocycles. The van der Waals surface area contributed by atoms with Gasteiger partial charge in [-0.05, 0) is 9.13 Å². The molecule has 0 N–H and O–H groups in total. The molecule has 8 nitrogen and oxygen atoms in total. The Kier molecular flexibility index (Phi) is 17.2. The van der Waals surface area contributed by atoms with Gasteiger partial charge in [0.2, 0.25) is 0 Å². The van der Waals surface area contributed by atoms with Crippen LogP contribution in [-0.4, -0.2) is 6.38 Å². The summed E-state index contributed by atoms with van der Waals surface area (Å²) in [6.07, 6.45) is 1.47. The summed E-state index contributed by atoms with van der Waals surface area (Å²) in [7, 11) is -12.6. The Hall–Kier alpha value is 1.90. The number of rotatable bonds is 4. The molecule has 0 saturated heterocycles. The smallest absolute Gasteiger partial charge is 0.750 e. The van der Waals surface area contributed by atoms with Crippen LogP contribution in [0, 0.1) is 41.7 Å². The first-order valence-corrected chi connectivity index (χ1v) is 6.61. The maximum atomic E-state index is 10.1. The van der Waals surface area contributed by atoms with Gasteiger partial charge in [0.15, 0.2) is 0 Å². The molecule has 14 heavy (non-hydrogen) atoms. The van der Waals surface area contributed by atoms with E-state index in [1.165, 1.54) is 6.38 Å². The molecule has 79 valence electrons. The molecule has 0 spiro atoms. The van der Waals surface area contributed by atoms with Gasteiger partial charge < -0.3 is 14.7 Å². The Morgan fingerprint density at radius 2 is 1.36 bits per heavy atom. The van der Waals surface area contributed by atoms with E-state index in [1.807, 2.05) is 0 Å². The first kappa shape index (κ1) is 21.2. The van der Waals surface area contributed by atoms with Gasteiger partial charge in [-0.25, -0.2) is 0 Å². The first-order valence-electron chi connectivity index (χ1n) is 2.20. The molecular formula is CH3CeClO8P3+2. The van der Waals surface area contributed by atoms with Crippen LogP contribution in [-0.2, 0) is 22.3 Å². The summed E-state index contributed by atoms with van der Waals surface area (Å²) < 4.78 is 35.4. The third-order valence-corrected chi connectivity index (χ3v) is 3.00. The van der Waals surface area contributed by atoms with Crippen molar-refractivity contribution in [2.75, 3.05) is 6.38 Å². The topological polar surface area (TPSA) is 139 Å². The Morgan fingerprint density at radius 3 is 1.50 bits per heavy atom. The number of phosphoric acid groups is 1. The fourth-order valence-corrected chi connectivity index (χ4v) is 1.87. The van der Waals surface area contributed by atoms with Crippen LogP contribution in [0.5, 0.6) is 0 Å². The minimum Gasteiger partial charge on any atom is -0.750 e. The maximum absolute atomic E-state index is 10.1. The van der Waals surface area contributed by atoms with Crippen LogP contribution in [0.4, 0.5) is 0 Å². The third-order valence-electron chi connectivity index (χ3n) is 0.333. The van der Waals surface area contributed by atoms with Crippen molar-refractivity contribution in [3.63, 3.8) is 0 Å². The average molecular weight is 412 g/mol. The van der Waals surface area contributed by atoms with E-state index in [4.69, 9.17) is 0 Å². The van der Waals surface area contributed by atoms with Crippen molar-refractivity contribution < 1.29 is 78.7 Å². The van der Waals surface area contributed by atoms with Crippen molar-refractivity contribution in [2.24, 2.45) is 0 Å². The Morgan fingerprint density at radius 1 is 1.14 bits per heavy atom. The number of halogens is 1. The molecule has 0 fully saturated rings. The van der Waals surface area contributed by atoms with E-state index in [9.17, 15) is 28.4 Å². The summed E-state index contributed by atoms with van der Waals surface area (Å²) in [5.41, 5.74) is 0. The molecule has 0 aromatic heterocycles. The van der Waals surface area contributed by atoms with Crippen LogP contribution < -0.4 is 14.7 Å². The van der Waals surface area contributed by atoms with Gasteiger partial charge in [0.05, 0.1) is 0 Å². The van der Waals surface area contributed by atoms with Crippen LogP contribution in [0.25, 0.3) is 0 Å². The summed E-state index contributed by atoms with van der Waals surface area (Å²) in [5, 5.41) is 0. The van der Waals surface area contributed by atoms with E-state index >= 15 is 0 Å². The molecule has 0 heterocycles. The summed E-state index contributed by atoms with van der Waals surface area (Å²) in [6.45, 7) is 0. The zero-order chi connectivity index (χ0) is 11.1. The van der Waals surface area contributed by atoms with Gasteiger partial charge in [-0.3, -0.25) is 4.57 Å². The van der Waals surface area contributed by atoms with Gasteiger partial charge in [0.25, 0.3) is 0 Å². The molecule has 2 atom stereocenters. The molecule has 0 bridgehead atoms. The van der Waals surface area contributed by atoms with Gasteiger partial charge >= 0.3 is 66.1 Å².